The van der Waals surface area contributed by atoms with Gasteiger partial charge in [0.2, 0.25) is 0 Å². The lowest BCUT2D eigenvalue weighted by molar-refractivity contribution is -0.112. The van der Waals surface area contributed by atoms with Crippen molar-refractivity contribution in [2.45, 2.75) is 6.61 Å². The van der Waals surface area contributed by atoms with Crippen LogP contribution in [0.25, 0.3) is 16.8 Å². The van der Waals surface area contributed by atoms with Crippen molar-refractivity contribution in [2.75, 3.05) is 12.4 Å². The maximum absolute atomic E-state index is 12.6. The Hall–Kier alpha value is -3.54. The Labute approximate surface area is 222 Å². The highest BCUT2D eigenvalue weighted by atomic mass is 127. The minimum Gasteiger partial charge on any atom is -0.493 e. The number of ether oxygens (including phenoxy) is 2. The van der Waals surface area contributed by atoms with Crippen LogP contribution in [-0.4, -0.2) is 13.0 Å². The number of anilines is 1. The molecule has 0 spiro atoms. The Morgan fingerprint density at radius 2 is 1.83 bits per heavy atom. The van der Waals surface area contributed by atoms with Crippen molar-refractivity contribution in [2.24, 2.45) is 0 Å². The molecule has 0 aliphatic carbocycles. The summed E-state index contributed by atoms with van der Waals surface area (Å²) in [6.07, 6.45) is 1.46. The molecule has 0 saturated heterocycles. The summed E-state index contributed by atoms with van der Waals surface area (Å²) in [6.45, 7) is 0.300. The van der Waals surface area contributed by atoms with E-state index in [9.17, 15) is 10.1 Å². The summed E-state index contributed by atoms with van der Waals surface area (Å²) in [5, 5.41) is 14.8. The van der Waals surface area contributed by atoms with E-state index in [1.807, 2.05) is 48.5 Å². The molecule has 0 fully saturated rings. The van der Waals surface area contributed by atoms with Crippen molar-refractivity contribution >= 4 is 62.6 Å². The number of hydrogen-bond donors (Lipinski definition) is 1. The number of hydrogen-bond acceptors (Lipinski definition) is 4. The molecule has 1 N–H and O–H groups in total. The fourth-order valence-electron chi connectivity index (χ4n) is 3.58. The molecule has 174 valence electrons. The summed E-state index contributed by atoms with van der Waals surface area (Å²) in [6, 6.07) is 26.7. The summed E-state index contributed by atoms with van der Waals surface area (Å²) in [4.78, 5) is 12.6. The van der Waals surface area contributed by atoms with Crippen LogP contribution in [0.1, 0.15) is 11.1 Å². The van der Waals surface area contributed by atoms with E-state index in [2.05, 4.69) is 40.0 Å². The zero-order chi connectivity index (χ0) is 24.8. The molecule has 4 rings (SSSR count). The first-order valence-corrected chi connectivity index (χ1v) is 12.1. The molecule has 7 heteroatoms. The second-order valence-electron chi connectivity index (χ2n) is 7.59. The van der Waals surface area contributed by atoms with Gasteiger partial charge in [-0.2, -0.15) is 5.26 Å². The lowest BCUT2D eigenvalue weighted by Crippen LogP contribution is -2.13. The molecule has 0 bridgehead atoms. The van der Waals surface area contributed by atoms with Gasteiger partial charge in [-0.25, -0.2) is 0 Å². The van der Waals surface area contributed by atoms with E-state index in [-0.39, 0.29) is 5.57 Å². The molecule has 0 saturated carbocycles. The third-order valence-corrected chi connectivity index (χ3v) is 6.28. The van der Waals surface area contributed by atoms with Gasteiger partial charge in [0, 0.05) is 9.26 Å². The standard InChI is InChI=1S/C28H20ClIN2O3/c1-34-26-15-18(13-21(16-31)28(33)32-23-11-9-22(30)10-12-23)14-25(29)27(26)35-17-20-7-4-6-19-5-2-3-8-24(19)20/h2-15H,17H2,1H3,(H,32,33)/b21-13+. The molecular formula is C28H20ClIN2O3. The van der Waals surface area contributed by atoms with Crippen LogP contribution in [0.5, 0.6) is 11.5 Å². The summed E-state index contributed by atoms with van der Waals surface area (Å²) >= 11 is 8.71. The van der Waals surface area contributed by atoms with Crippen molar-refractivity contribution in [3.63, 3.8) is 0 Å². The van der Waals surface area contributed by atoms with E-state index in [0.29, 0.717) is 34.4 Å². The first kappa shape index (κ1) is 24.6. The Bertz CT molecular complexity index is 1450. The van der Waals surface area contributed by atoms with Crippen LogP contribution in [0, 0.1) is 14.9 Å². The van der Waals surface area contributed by atoms with Crippen LogP contribution in [0.4, 0.5) is 5.69 Å². The first-order chi connectivity index (χ1) is 17.0. The van der Waals surface area contributed by atoms with Crippen LogP contribution in [0.3, 0.4) is 0 Å². The summed E-state index contributed by atoms with van der Waals surface area (Å²) in [7, 11) is 1.51. The highest BCUT2D eigenvalue weighted by Crippen LogP contribution is 2.38. The fraction of sp³-hybridized carbons (Fsp3) is 0.0714. The number of carbonyl (C=O) groups is 1. The molecule has 0 aromatic heterocycles. The SMILES string of the molecule is COc1cc(/C=C(\C#N)C(=O)Nc2ccc(I)cc2)cc(Cl)c1OCc1cccc2ccccc12. The smallest absolute Gasteiger partial charge is 0.266 e. The van der Waals surface area contributed by atoms with E-state index in [1.165, 1.54) is 13.2 Å². The normalized spacial score (nSPS) is 11.1. The third-order valence-electron chi connectivity index (χ3n) is 5.28. The first-order valence-electron chi connectivity index (χ1n) is 10.6. The van der Waals surface area contributed by atoms with Crippen LogP contribution >= 0.6 is 34.2 Å². The summed E-state index contributed by atoms with van der Waals surface area (Å²) in [5.41, 5.74) is 2.10. The molecule has 1 amide bonds. The van der Waals surface area contributed by atoms with Gasteiger partial charge in [0.1, 0.15) is 18.2 Å². The molecule has 5 nitrogen and oxygen atoms in total. The van der Waals surface area contributed by atoms with Crippen molar-refractivity contribution in [3.05, 3.63) is 104 Å². The van der Waals surface area contributed by atoms with Crippen LogP contribution in [0.15, 0.2) is 84.4 Å². The maximum Gasteiger partial charge on any atom is 0.266 e. The van der Waals surface area contributed by atoms with E-state index < -0.39 is 5.91 Å². The largest absolute Gasteiger partial charge is 0.493 e. The quantitative estimate of drug-likeness (QED) is 0.139. The van der Waals surface area contributed by atoms with Crippen LogP contribution in [-0.2, 0) is 11.4 Å². The summed E-state index contributed by atoms with van der Waals surface area (Å²) < 4.78 is 12.6. The minimum atomic E-state index is -0.514. The number of carbonyl (C=O) groups excluding carboxylic acids is 1. The van der Waals surface area contributed by atoms with Gasteiger partial charge in [0.15, 0.2) is 11.5 Å². The second kappa shape index (κ2) is 11.3. The molecule has 4 aromatic carbocycles. The van der Waals surface area contributed by atoms with Gasteiger partial charge in [-0.05, 0) is 87.0 Å². The van der Waals surface area contributed by atoms with Gasteiger partial charge in [0.05, 0.1) is 12.1 Å². The lowest BCUT2D eigenvalue weighted by atomic mass is 10.1. The van der Waals surface area contributed by atoms with Crippen LogP contribution in [0.2, 0.25) is 5.02 Å². The van der Waals surface area contributed by atoms with Gasteiger partial charge in [0.25, 0.3) is 5.91 Å². The Balaban J connectivity index is 1.56. The van der Waals surface area contributed by atoms with Crippen molar-refractivity contribution in [3.8, 4) is 17.6 Å². The summed E-state index contributed by atoms with van der Waals surface area (Å²) in [5.74, 6) is 0.278. The van der Waals surface area contributed by atoms with E-state index in [4.69, 9.17) is 21.1 Å². The zero-order valence-corrected chi connectivity index (χ0v) is 21.6. The van der Waals surface area contributed by atoms with Crippen molar-refractivity contribution in [1.29, 1.82) is 5.26 Å². The van der Waals surface area contributed by atoms with Gasteiger partial charge in [-0.3, -0.25) is 4.79 Å². The van der Waals surface area contributed by atoms with E-state index in [0.717, 1.165) is 19.9 Å². The molecular weight excluding hydrogens is 575 g/mol. The number of halogens is 2. The number of benzene rings is 4. The van der Waals surface area contributed by atoms with E-state index >= 15 is 0 Å². The maximum atomic E-state index is 12.6. The predicted octanol–water partition coefficient (Wildman–Crippen LogP) is 7.23. The van der Waals surface area contributed by atoms with Crippen molar-refractivity contribution in [1.82, 2.24) is 0 Å². The number of nitrogens with one attached hydrogen (secondary N) is 1. The number of fused-ring (bicyclic) bond motifs is 1. The number of rotatable bonds is 7. The molecule has 0 heterocycles. The Kier molecular flexibility index (Phi) is 7.91. The van der Waals surface area contributed by atoms with Gasteiger partial charge < -0.3 is 14.8 Å². The number of nitrogens with zero attached hydrogens (tertiary/aromatic N) is 1. The lowest BCUT2D eigenvalue weighted by Gasteiger charge is -2.14. The minimum absolute atomic E-state index is 0.0638. The number of nitriles is 1. The number of amides is 1. The third kappa shape index (κ3) is 5.94. The second-order valence-corrected chi connectivity index (χ2v) is 9.24. The van der Waals surface area contributed by atoms with Crippen LogP contribution < -0.4 is 14.8 Å². The monoisotopic (exact) mass is 594 g/mol. The number of methoxy groups -OCH3 is 1. The highest BCUT2D eigenvalue weighted by Gasteiger charge is 2.15. The van der Waals surface area contributed by atoms with Gasteiger partial charge in [-0.15, -0.1) is 0 Å². The molecule has 0 radical (unpaired) electrons. The zero-order valence-electron chi connectivity index (χ0n) is 18.7. The van der Waals surface area contributed by atoms with Crippen molar-refractivity contribution < 1.29 is 14.3 Å². The molecule has 0 atom stereocenters. The highest BCUT2D eigenvalue weighted by molar-refractivity contribution is 14.1. The topological polar surface area (TPSA) is 71.3 Å². The van der Waals surface area contributed by atoms with Gasteiger partial charge in [-0.1, -0.05) is 54.1 Å². The predicted molar refractivity (Wildman–Crippen MR) is 148 cm³/mol. The Morgan fingerprint density at radius 1 is 1.09 bits per heavy atom. The Morgan fingerprint density at radius 3 is 2.57 bits per heavy atom. The molecule has 0 aliphatic rings. The molecule has 35 heavy (non-hydrogen) atoms. The fourth-order valence-corrected chi connectivity index (χ4v) is 4.21. The molecule has 4 aromatic rings. The average Bonchev–Trinajstić information content (AvgIpc) is 2.87. The van der Waals surface area contributed by atoms with Gasteiger partial charge >= 0.3 is 0 Å². The molecule has 0 unspecified atom stereocenters. The van der Waals surface area contributed by atoms with E-state index in [1.54, 1.807) is 24.3 Å². The average molecular weight is 595 g/mol. The molecule has 0 aliphatic heterocycles.